The van der Waals surface area contributed by atoms with Crippen molar-refractivity contribution in [2.45, 2.75) is 19.1 Å². The number of sulfonamides is 1. The molecule has 0 heterocycles. The first kappa shape index (κ1) is 22.2. The van der Waals surface area contributed by atoms with E-state index in [9.17, 15) is 17.6 Å². The number of rotatable bonds is 10. The number of aryl methyl sites for hydroxylation is 1. The number of carbonyl (C=O) groups is 1. The minimum atomic E-state index is -3.57. The van der Waals surface area contributed by atoms with Crippen LogP contribution in [-0.2, 0) is 20.6 Å². The molecule has 1 amide bonds. The number of anilines is 1. The molecule has 0 unspecified atom stereocenters. The highest BCUT2D eigenvalue weighted by Gasteiger charge is 2.21. The SMILES string of the molecule is Cc1ccccc1N(CC(=O)NCCCSCc1ccc(F)cc1)S(C)(=O)=O. The van der Waals surface area contributed by atoms with Crippen molar-refractivity contribution in [3.05, 3.63) is 65.5 Å². The van der Waals surface area contributed by atoms with E-state index in [1.54, 1.807) is 36.0 Å². The van der Waals surface area contributed by atoms with Gasteiger partial charge in [0.05, 0.1) is 11.9 Å². The quantitative estimate of drug-likeness (QED) is 0.594. The molecule has 5 nitrogen and oxygen atoms in total. The summed E-state index contributed by atoms with van der Waals surface area (Å²) in [6.07, 6.45) is 1.86. The number of benzene rings is 2. The molecule has 0 aliphatic carbocycles. The Morgan fingerprint density at radius 1 is 1.14 bits per heavy atom. The smallest absolute Gasteiger partial charge is 0.240 e. The standard InChI is InChI=1S/C20H25FN2O3S2/c1-16-6-3-4-7-19(16)23(28(2,25)26)14-20(24)22-12-5-13-27-15-17-8-10-18(21)11-9-17/h3-4,6-11H,5,12-15H2,1-2H3,(H,22,24). The van der Waals surface area contributed by atoms with Gasteiger partial charge in [-0.3, -0.25) is 9.10 Å². The summed E-state index contributed by atoms with van der Waals surface area (Å²) in [6.45, 7) is 2.04. The van der Waals surface area contributed by atoms with Gasteiger partial charge in [0.2, 0.25) is 15.9 Å². The maximum atomic E-state index is 12.9. The van der Waals surface area contributed by atoms with Crippen LogP contribution in [0.4, 0.5) is 10.1 Å². The maximum absolute atomic E-state index is 12.9. The zero-order chi connectivity index (χ0) is 20.6. The Bertz CT molecular complexity index is 887. The molecule has 0 spiro atoms. The summed E-state index contributed by atoms with van der Waals surface area (Å²) in [5.74, 6) is 1.04. The van der Waals surface area contributed by atoms with Crippen LogP contribution in [0.2, 0.25) is 0 Å². The summed E-state index contributed by atoms with van der Waals surface area (Å²) in [6, 6.07) is 13.5. The molecule has 2 aromatic carbocycles. The molecule has 0 aliphatic rings. The topological polar surface area (TPSA) is 66.5 Å². The Morgan fingerprint density at radius 3 is 2.46 bits per heavy atom. The van der Waals surface area contributed by atoms with Gasteiger partial charge in [0, 0.05) is 12.3 Å². The zero-order valence-corrected chi connectivity index (χ0v) is 17.7. The molecule has 0 bridgehead atoms. The minimum absolute atomic E-state index is 0.244. The average Bonchev–Trinajstić information content (AvgIpc) is 2.64. The second kappa shape index (κ2) is 10.5. The van der Waals surface area contributed by atoms with Crippen LogP contribution in [-0.4, -0.2) is 39.4 Å². The average molecular weight is 425 g/mol. The van der Waals surface area contributed by atoms with Crippen molar-refractivity contribution in [1.82, 2.24) is 5.32 Å². The van der Waals surface area contributed by atoms with Crippen molar-refractivity contribution in [3.8, 4) is 0 Å². The first-order valence-corrected chi connectivity index (χ1v) is 11.9. The molecule has 8 heteroatoms. The van der Waals surface area contributed by atoms with E-state index >= 15 is 0 Å². The van der Waals surface area contributed by atoms with Crippen LogP contribution < -0.4 is 9.62 Å². The Balaban J connectivity index is 1.76. The van der Waals surface area contributed by atoms with Gasteiger partial charge in [-0.25, -0.2) is 12.8 Å². The van der Waals surface area contributed by atoms with Crippen molar-refractivity contribution < 1.29 is 17.6 Å². The lowest BCUT2D eigenvalue weighted by molar-refractivity contribution is -0.119. The third kappa shape index (κ3) is 7.16. The van der Waals surface area contributed by atoms with Gasteiger partial charge >= 0.3 is 0 Å². The Kier molecular flexibility index (Phi) is 8.32. The van der Waals surface area contributed by atoms with Crippen molar-refractivity contribution in [3.63, 3.8) is 0 Å². The third-order valence-corrected chi connectivity index (χ3v) is 6.28. The van der Waals surface area contributed by atoms with Gasteiger partial charge in [0.1, 0.15) is 12.4 Å². The second-order valence-electron chi connectivity index (χ2n) is 6.44. The zero-order valence-electron chi connectivity index (χ0n) is 16.0. The van der Waals surface area contributed by atoms with E-state index in [4.69, 9.17) is 0 Å². The van der Waals surface area contributed by atoms with Crippen LogP contribution >= 0.6 is 11.8 Å². The lowest BCUT2D eigenvalue weighted by Gasteiger charge is -2.23. The highest BCUT2D eigenvalue weighted by Crippen LogP contribution is 2.21. The number of halogens is 1. The van der Waals surface area contributed by atoms with E-state index in [2.05, 4.69) is 5.32 Å². The fourth-order valence-corrected chi connectivity index (χ4v) is 4.42. The summed E-state index contributed by atoms with van der Waals surface area (Å²) < 4.78 is 38.2. The predicted octanol–water partition coefficient (Wildman–Crippen LogP) is 3.34. The van der Waals surface area contributed by atoms with E-state index in [0.717, 1.165) is 39.6 Å². The van der Waals surface area contributed by atoms with Gasteiger partial charge in [0.25, 0.3) is 0 Å². The van der Waals surface area contributed by atoms with Crippen LogP contribution in [0.1, 0.15) is 17.5 Å². The number of amides is 1. The van der Waals surface area contributed by atoms with Crippen molar-refractivity contribution in [2.24, 2.45) is 0 Å². The van der Waals surface area contributed by atoms with Crippen LogP contribution in [0.3, 0.4) is 0 Å². The van der Waals surface area contributed by atoms with E-state index < -0.39 is 10.0 Å². The molecule has 152 valence electrons. The molecule has 0 saturated carbocycles. The summed E-state index contributed by atoms with van der Waals surface area (Å²) >= 11 is 1.70. The van der Waals surface area contributed by atoms with Gasteiger partial charge in [-0.15, -0.1) is 0 Å². The minimum Gasteiger partial charge on any atom is -0.354 e. The number of hydrogen-bond acceptors (Lipinski definition) is 4. The van der Waals surface area contributed by atoms with E-state index in [-0.39, 0.29) is 18.3 Å². The Hall–Kier alpha value is -2.06. The Morgan fingerprint density at radius 2 is 1.82 bits per heavy atom. The predicted molar refractivity (Wildman–Crippen MR) is 114 cm³/mol. The van der Waals surface area contributed by atoms with Crippen LogP contribution in [0.5, 0.6) is 0 Å². The molecule has 0 radical (unpaired) electrons. The Labute approximate surface area is 170 Å². The summed E-state index contributed by atoms with van der Waals surface area (Å²) in [7, 11) is -3.57. The van der Waals surface area contributed by atoms with Gasteiger partial charge in [-0.2, -0.15) is 11.8 Å². The molecular formula is C20H25FN2O3S2. The van der Waals surface area contributed by atoms with Crippen LogP contribution in [0, 0.1) is 12.7 Å². The van der Waals surface area contributed by atoms with E-state index in [1.807, 2.05) is 19.1 Å². The fraction of sp³-hybridized carbons (Fsp3) is 0.350. The molecule has 0 aliphatic heterocycles. The molecule has 0 aromatic heterocycles. The lowest BCUT2D eigenvalue weighted by Crippen LogP contribution is -2.41. The normalized spacial score (nSPS) is 11.2. The maximum Gasteiger partial charge on any atom is 0.240 e. The largest absolute Gasteiger partial charge is 0.354 e. The first-order chi connectivity index (χ1) is 13.3. The van der Waals surface area contributed by atoms with Crippen LogP contribution in [0.15, 0.2) is 48.5 Å². The third-order valence-electron chi connectivity index (χ3n) is 4.04. The van der Waals surface area contributed by atoms with Crippen molar-refractivity contribution in [2.75, 3.05) is 29.4 Å². The summed E-state index contributed by atoms with van der Waals surface area (Å²) in [4.78, 5) is 12.2. The monoisotopic (exact) mass is 424 g/mol. The number of thioether (sulfide) groups is 1. The highest BCUT2D eigenvalue weighted by molar-refractivity contribution is 7.98. The summed E-state index contributed by atoms with van der Waals surface area (Å²) in [5, 5.41) is 2.77. The van der Waals surface area contributed by atoms with Crippen molar-refractivity contribution >= 4 is 33.4 Å². The second-order valence-corrected chi connectivity index (χ2v) is 9.45. The number of carbonyl (C=O) groups excluding carboxylic acids is 1. The molecular weight excluding hydrogens is 399 g/mol. The lowest BCUT2D eigenvalue weighted by atomic mass is 10.2. The molecule has 0 atom stereocenters. The molecule has 0 fully saturated rings. The number of nitrogens with one attached hydrogen (secondary N) is 1. The van der Waals surface area contributed by atoms with E-state index in [0.29, 0.717) is 12.2 Å². The molecule has 2 aromatic rings. The van der Waals surface area contributed by atoms with Gasteiger partial charge in [-0.1, -0.05) is 30.3 Å². The van der Waals surface area contributed by atoms with Gasteiger partial charge < -0.3 is 5.32 Å². The molecule has 2 rings (SSSR count). The van der Waals surface area contributed by atoms with E-state index in [1.165, 1.54) is 12.1 Å². The van der Waals surface area contributed by atoms with Gasteiger partial charge in [0.15, 0.2) is 0 Å². The first-order valence-electron chi connectivity index (χ1n) is 8.89. The summed E-state index contributed by atoms with van der Waals surface area (Å²) in [5.41, 5.74) is 2.35. The number of para-hydroxylation sites is 1. The van der Waals surface area contributed by atoms with Crippen molar-refractivity contribution in [1.29, 1.82) is 0 Å². The van der Waals surface area contributed by atoms with Gasteiger partial charge in [-0.05, 0) is 48.4 Å². The number of hydrogen-bond donors (Lipinski definition) is 1. The van der Waals surface area contributed by atoms with Crippen LogP contribution in [0.25, 0.3) is 0 Å². The molecule has 0 saturated heterocycles. The fourth-order valence-electron chi connectivity index (χ4n) is 2.58. The molecule has 1 N–H and O–H groups in total. The highest BCUT2D eigenvalue weighted by atomic mass is 32.2. The number of nitrogens with zero attached hydrogens (tertiary/aromatic N) is 1. The molecule has 28 heavy (non-hydrogen) atoms.